The molecule has 1 aliphatic rings. The van der Waals surface area contributed by atoms with Crippen molar-refractivity contribution in [2.45, 2.75) is 0 Å². The molecule has 0 saturated heterocycles. The fourth-order valence-electron chi connectivity index (χ4n) is 2.88. The SMILES string of the molecule is O=C1/C(=C\c2ccccc2F)N=C(c2ccc(Cl)cc2)N1c1ccc(F)cc1. The summed E-state index contributed by atoms with van der Waals surface area (Å²) >= 11 is 5.96. The lowest BCUT2D eigenvalue weighted by molar-refractivity contribution is -0.113. The lowest BCUT2D eigenvalue weighted by atomic mass is 10.1. The van der Waals surface area contributed by atoms with Crippen LogP contribution in [0.2, 0.25) is 5.02 Å². The molecule has 0 bridgehead atoms. The van der Waals surface area contributed by atoms with Gasteiger partial charge in [-0.2, -0.15) is 0 Å². The van der Waals surface area contributed by atoms with E-state index in [1.54, 1.807) is 42.5 Å². The van der Waals surface area contributed by atoms with E-state index in [4.69, 9.17) is 11.6 Å². The first-order valence-electron chi connectivity index (χ1n) is 8.44. The average molecular weight is 395 g/mol. The van der Waals surface area contributed by atoms with Crippen LogP contribution >= 0.6 is 11.6 Å². The Morgan fingerprint density at radius 1 is 0.893 bits per heavy atom. The van der Waals surface area contributed by atoms with Gasteiger partial charge in [0.2, 0.25) is 0 Å². The summed E-state index contributed by atoms with van der Waals surface area (Å²) in [4.78, 5) is 18.9. The Bertz CT molecular complexity index is 1110. The van der Waals surface area contributed by atoms with Gasteiger partial charge in [-0.05, 0) is 60.7 Å². The molecule has 0 saturated carbocycles. The number of halogens is 3. The largest absolute Gasteiger partial charge is 0.282 e. The monoisotopic (exact) mass is 394 g/mol. The van der Waals surface area contributed by atoms with Crippen molar-refractivity contribution in [1.82, 2.24) is 0 Å². The molecule has 3 nitrogen and oxygen atoms in total. The van der Waals surface area contributed by atoms with Gasteiger partial charge in [0.15, 0.2) is 0 Å². The molecule has 0 fully saturated rings. The summed E-state index contributed by atoms with van der Waals surface area (Å²) in [5.41, 5.74) is 1.45. The quantitative estimate of drug-likeness (QED) is 0.543. The van der Waals surface area contributed by atoms with Gasteiger partial charge in [0.1, 0.15) is 23.2 Å². The van der Waals surface area contributed by atoms with Crippen molar-refractivity contribution in [2.75, 3.05) is 4.90 Å². The molecule has 0 spiro atoms. The summed E-state index contributed by atoms with van der Waals surface area (Å²) in [5, 5.41) is 0.545. The highest BCUT2D eigenvalue weighted by atomic mass is 35.5. The van der Waals surface area contributed by atoms with E-state index in [0.29, 0.717) is 22.1 Å². The Labute approximate surface area is 165 Å². The van der Waals surface area contributed by atoms with E-state index in [1.165, 1.54) is 41.3 Å². The second-order valence-corrected chi connectivity index (χ2v) is 6.55. The number of aliphatic imine (C=N–C) groups is 1. The number of amides is 1. The predicted octanol–water partition coefficient (Wildman–Crippen LogP) is 5.45. The summed E-state index contributed by atoms with van der Waals surface area (Å²) in [6.07, 6.45) is 1.40. The predicted molar refractivity (Wildman–Crippen MR) is 106 cm³/mol. The number of hydrogen-bond donors (Lipinski definition) is 0. The van der Waals surface area contributed by atoms with Crippen LogP contribution in [0.15, 0.2) is 83.5 Å². The molecular formula is C22H13ClF2N2O. The van der Waals surface area contributed by atoms with Gasteiger partial charge in [-0.25, -0.2) is 13.8 Å². The Morgan fingerprint density at radius 3 is 2.25 bits per heavy atom. The molecule has 0 atom stereocenters. The summed E-state index contributed by atoms with van der Waals surface area (Å²) in [5.74, 6) is -0.940. The van der Waals surface area contributed by atoms with Crippen molar-refractivity contribution < 1.29 is 13.6 Å². The molecule has 3 aromatic carbocycles. The molecule has 0 N–H and O–H groups in total. The Balaban J connectivity index is 1.84. The minimum atomic E-state index is -0.453. The van der Waals surface area contributed by atoms with Crippen LogP contribution in [-0.4, -0.2) is 11.7 Å². The Morgan fingerprint density at radius 2 is 1.57 bits per heavy atom. The van der Waals surface area contributed by atoms with Crippen LogP contribution in [0.1, 0.15) is 11.1 Å². The van der Waals surface area contributed by atoms with Gasteiger partial charge in [0.05, 0.1) is 5.69 Å². The molecule has 28 heavy (non-hydrogen) atoms. The number of hydrogen-bond acceptors (Lipinski definition) is 2. The standard InChI is InChI=1S/C22H13ClF2N2O/c23-16-7-5-14(6-8-16)21-26-20(13-15-3-1-2-4-19(15)25)22(28)27(21)18-11-9-17(24)10-12-18/h1-13H/b20-13+. The summed E-state index contributed by atoms with van der Waals surface area (Å²) in [6, 6.07) is 18.5. The molecule has 4 rings (SSSR count). The van der Waals surface area contributed by atoms with Gasteiger partial charge in [0.25, 0.3) is 5.91 Å². The van der Waals surface area contributed by atoms with Gasteiger partial charge in [-0.1, -0.05) is 29.8 Å². The smallest absolute Gasteiger partial charge is 0.266 e. The third kappa shape index (κ3) is 3.44. The zero-order valence-corrected chi connectivity index (χ0v) is 15.2. The molecule has 3 aromatic rings. The maximum Gasteiger partial charge on any atom is 0.282 e. The van der Waals surface area contributed by atoms with Gasteiger partial charge in [-0.3, -0.25) is 9.69 Å². The maximum absolute atomic E-state index is 14.0. The summed E-state index contributed by atoms with van der Waals surface area (Å²) < 4.78 is 27.4. The lowest BCUT2D eigenvalue weighted by Crippen LogP contribution is -2.32. The fraction of sp³-hybridized carbons (Fsp3) is 0. The average Bonchev–Trinajstić information content (AvgIpc) is 3.01. The van der Waals surface area contributed by atoms with Crippen LogP contribution in [0.4, 0.5) is 14.5 Å². The van der Waals surface area contributed by atoms with E-state index in [1.807, 2.05) is 0 Å². The zero-order chi connectivity index (χ0) is 19.7. The molecule has 6 heteroatoms. The number of carbonyl (C=O) groups is 1. The highest BCUT2D eigenvalue weighted by Crippen LogP contribution is 2.28. The first kappa shape index (κ1) is 18.1. The van der Waals surface area contributed by atoms with Gasteiger partial charge < -0.3 is 0 Å². The van der Waals surface area contributed by atoms with Crippen molar-refractivity contribution in [2.24, 2.45) is 4.99 Å². The van der Waals surface area contributed by atoms with Crippen molar-refractivity contribution >= 4 is 35.1 Å². The first-order valence-corrected chi connectivity index (χ1v) is 8.81. The highest BCUT2D eigenvalue weighted by molar-refractivity contribution is 6.34. The van der Waals surface area contributed by atoms with Crippen molar-refractivity contribution in [3.63, 3.8) is 0 Å². The second kappa shape index (κ2) is 7.37. The van der Waals surface area contributed by atoms with Crippen LogP contribution in [-0.2, 0) is 4.79 Å². The normalized spacial score (nSPS) is 15.2. The lowest BCUT2D eigenvalue weighted by Gasteiger charge is -2.18. The number of benzene rings is 3. The molecule has 1 amide bonds. The molecular weight excluding hydrogens is 382 g/mol. The van der Waals surface area contributed by atoms with E-state index in [0.717, 1.165) is 0 Å². The highest BCUT2D eigenvalue weighted by Gasteiger charge is 2.32. The second-order valence-electron chi connectivity index (χ2n) is 6.11. The molecule has 0 radical (unpaired) electrons. The van der Waals surface area contributed by atoms with Crippen molar-refractivity contribution in [1.29, 1.82) is 0 Å². The number of nitrogens with zero attached hydrogens (tertiary/aromatic N) is 2. The molecule has 1 heterocycles. The topological polar surface area (TPSA) is 32.7 Å². The zero-order valence-electron chi connectivity index (χ0n) is 14.4. The van der Waals surface area contributed by atoms with Crippen LogP contribution in [0, 0.1) is 11.6 Å². The van der Waals surface area contributed by atoms with Crippen LogP contribution in [0.3, 0.4) is 0 Å². The van der Waals surface area contributed by atoms with Crippen molar-refractivity contribution in [3.8, 4) is 0 Å². The van der Waals surface area contributed by atoms with E-state index in [2.05, 4.69) is 4.99 Å². The third-order valence-corrected chi connectivity index (χ3v) is 4.50. The Hall–Kier alpha value is -3.31. The minimum Gasteiger partial charge on any atom is -0.266 e. The molecule has 138 valence electrons. The Kier molecular flexibility index (Phi) is 4.75. The maximum atomic E-state index is 14.0. The summed E-state index contributed by atoms with van der Waals surface area (Å²) in [7, 11) is 0. The van der Waals surface area contributed by atoms with Crippen LogP contribution in [0.5, 0.6) is 0 Å². The van der Waals surface area contributed by atoms with E-state index >= 15 is 0 Å². The van der Waals surface area contributed by atoms with Gasteiger partial charge in [0, 0.05) is 16.1 Å². The van der Waals surface area contributed by atoms with Gasteiger partial charge >= 0.3 is 0 Å². The number of carbonyl (C=O) groups excluding carboxylic acids is 1. The van der Waals surface area contributed by atoms with E-state index < -0.39 is 17.5 Å². The molecule has 1 aliphatic heterocycles. The summed E-state index contributed by atoms with van der Waals surface area (Å²) in [6.45, 7) is 0. The molecule has 0 aliphatic carbocycles. The first-order chi connectivity index (χ1) is 13.5. The number of anilines is 1. The van der Waals surface area contributed by atoms with E-state index in [9.17, 15) is 13.6 Å². The number of amidine groups is 1. The van der Waals surface area contributed by atoms with Crippen LogP contribution < -0.4 is 4.90 Å². The van der Waals surface area contributed by atoms with E-state index in [-0.39, 0.29) is 11.3 Å². The van der Waals surface area contributed by atoms with Crippen LogP contribution in [0.25, 0.3) is 6.08 Å². The van der Waals surface area contributed by atoms with Gasteiger partial charge in [-0.15, -0.1) is 0 Å². The minimum absolute atomic E-state index is 0.0828. The number of rotatable bonds is 3. The molecule has 0 unspecified atom stereocenters. The molecule has 0 aromatic heterocycles. The van der Waals surface area contributed by atoms with Crippen molar-refractivity contribution in [3.05, 3.63) is 106 Å². The third-order valence-electron chi connectivity index (χ3n) is 4.25. The fourth-order valence-corrected chi connectivity index (χ4v) is 3.00.